The van der Waals surface area contributed by atoms with E-state index >= 15 is 0 Å². The van der Waals surface area contributed by atoms with Crippen LogP contribution in [0.3, 0.4) is 0 Å². The van der Waals surface area contributed by atoms with Crippen LogP contribution in [0, 0.1) is 0 Å². The molecule has 0 aliphatic carbocycles. The van der Waals surface area contributed by atoms with Crippen LogP contribution in [-0.4, -0.2) is 56.3 Å². The first-order valence-corrected chi connectivity index (χ1v) is 11.6. The molecule has 4 rings (SSSR count). The van der Waals surface area contributed by atoms with Gasteiger partial charge in [-0.05, 0) is 56.1 Å². The summed E-state index contributed by atoms with van der Waals surface area (Å²) in [6.45, 7) is 8.04. The number of carboxylic acid groups (broad SMARTS) is 1. The van der Waals surface area contributed by atoms with E-state index in [4.69, 9.17) is 0 Å². The number of nitrogens with zero attached hydrogens (tertiary/aromatic N) is 2. The minimum absolute atomic E-state index is 0.385. The van der Waals surface area contributed by atoms with Crippen molar-refractivity contribution in [2.45, 2.75) is 45.7 Å². The number of likely N-dealkylation sites (tertiary alicyclic amines) is 1. The van der Waals surface area contributed by atoms with Crippen molar-refractivity contribution in [1.29, 1.82) is 0 Å². The number of aromatic amines is 1. The van der Waals surface area contributed by atoms with Gasteiger partial charge >= 0.3 is 5.97 Å². The third-order valence-corrected chi connectivity index (χ3v) is 6.88. The molecule has 2 aromatic heterocycles. The van der Waals surface area contributed by atoms with Gasteiger partial charge in [-0.3, -0.25) is 9.69 Å². The number of fused-ring (bicyclic) bond motifs is 1. The topological polar surface area (TPSA) is 111 Å². The zero-order valence-electron chi connectivity index (χ0n) is 19.4. The number of hydrogen-bond donors (Lipinski definition) is 4. The van der Waals surface area contributed by atoms with Gasteiger partial charge in [0.15, 0.2) is 5.56 Å². The smallest absolute Gasteiger partial charge is 0.345 e. The van der Waals surface area contributed by atoms with Crippen molar-refractivity contribution in [1.82, 2.24) is 19.8 Å². The Labute approximate surface area is 192 Å². The van der Waals surface area contributed by atoms with Crippen LogP contribution in [0.15, 0.2) is 29.1 Å². The molecule has 0 saturated carbocycles. The van der Waals surface area contributed by atoms with Crippen LogP contribution in [0.5, 0.6) is 5.75 Å². The molecule has 1 aliphatic heterocycles. The van der Waals surface area contributed by atoms with Crippen molar-refractivity contribution in [2.24, 2.45) is 7.05 Å². The summed E-state index contributed by atoms with van der Waals surface area (Å²) < 4.78 is 2.16. The molecule has 0 amide bonds. The Balaban J connectivity index is 1.62. The first kappa shape index (κ1) is 23.1. The maximum absolute atomic E-state index is 12.3. The number of aromatic carboxylic acids is 1. The number of rotatable bonds is 8. The van der Waals surface area contributed by atoms with E-state index in [1.165, 1.54) is 19.4 Å². The molecule has 1 aliphatic rings. The van der Waals surface area contributed by atoms with Gasteiger partial charge in [0.05, 0.1) is 5.69 Å². The Morgan fingerprint density at radius 3 is 2.76 bits per heavy atom. The molecule has 1 aromatic carbocycles. The monoisotopic (exact) mass is 452 g/mol. The lowest BCUT2D eigenvalue weighted by Gasteiger charge is -2.23. The highest BCUT2D eigenvalue weighted by molar-refractivity contribution is 5.92. The summed E-state index contributed by atoms with van der Waals surface area (Å²) in [5.74, 6) is -1.90. The van der Waals surface area contributed by atoms with Crippen LogP contribution in [0.4, 0.5) is 0 Å². The molecule has 1 saturated heterocycles. The lowest BCUT2D eigenvalue weighted by atomic mass is 9.99. The van der Waals surface area contributed by atoms with Crippen LogP contribution in [0.2, 0.25) is 0 Å². The molecule has 0 radical (unpaired) electrons. The number of nitrogens with one attached hydrogen (secondary N) is 2. The Morgan fingerprint density at radius 2 is 2.06 bits per heavy atom. The van der Waals surface area contributed by atoms with Crippen molar-refractivity contribution in [3.05, 3.63) is 51.4 Å². The second-order valence-electron chi connectivity index (χ2n) is 8.71. The standard InChI is InChI=1S/C25H32N4O4/c1-4-19-22(27-24(31)21(23(19)30)25(32)33)15-8-9-20-16(11-15)12-18(28(20)3)14-26-13-17-7-6-10-29(17)5-2/h8-9,11-12,17,26H,4-7,10,13-14H2,1-3H3,(H,32,33)(H2,27,30,31). The van der Waals surface area contributed by atoms with Crippen LogP contribution in [0.25, 0.3) is 22.2 Å². The average molecular weight is 453 g/mol. The number of carboxylic acids is 1. The zero-order chi connectivity index (χ0) is 23.7. The van der Waals surface area contributed by atoms with Gasteiger partial charge in [-0.1, -0.05) is 19.9 Å². The molecule has 1 unspecified atom stereocenters. The third-order valence-electron chi connectivity index (χ3n) is 6.88. The molecule has 0 spiro atoms. The van der Waals surface area contributed by atoms with E-state index in [1.807, 2.05) is 32.2 Å². The van der Waals surface area contributed by atoms with E-state index in [-0.39, 0.29) is 0 Å². The van der Waals surface area contributed by atoms with Crippen molar-refractivity contribution in [3.63, 3.8) is 0 Å². The minimum Gasteiger partial charge on any atom is -0.506 e. The minimum atomic E-state index is -1.44. The number of pyridine rings is 1. The molecule has 1 fully saturated rings. The van der Waals surface area contributed by atoms with Gasteiger partial charge in [-0.25, -0.2) is 4.79 Å². The molecule has 176 valence electrons. The Hall–Kier alpha value is -3.10. The van der Waals surface area contributed by atoms with Crippen LogP contribution < -0.4 is 10.9 Å². The predicted octanol–water partition coefficient (Wildman–Crippen LogP) is 3.07. The van der Waals surface area contributed by atoms with E-state index in [9.17, 15) is 19.8 Å². The van der Waals surface area contributed by atoms with E-state index in [0.717, 1.165) is 41.8 Å². The summed E-state index contributed by atoms with van der Waals surface area (Å²) in [4.78, 5) is 28.9. The number of aryl methyl sites for hydroxylation is 1. The highest BCUT2D eigenvalue weighted by atomic mass is 16.4. The first-order valence-electron chi connectivity index (χ1n) is 11.6. The lowest BCUT2D eigenvalue weighted by molar-refractivity contribution is 0.0691. The van der Waals surface area contributed by atoms with Crippen molar-refractivity contribution >= 4 is 16.9 Å². The van der Waals surface area contributed by atoms with Crippen LogP contribution in [0.1, 0.15) is 48.3 Å². The molecule has 3 heterocycles. The Morgan fingerprint density at radius 1 is 1.27 bits per heavy atom. The van der Waals surface area contributed by atoms with E-state index in [1.54, 1.807) is 0 Å². The number of H-pyrrole nitrogens is 1. The van der Waals surface area contributed by atoms with Crippen LogP contribution >= 0.6 is 0 Å². The fraction of sp³-hybridized carbons (Fsp3) is 0.440. The Bertz CT molecular complexity index is 1240. The second-order valence-corrected chi connectivity index (χ2v) is 8.71. The molecule has 8 nitrogen and oxygen atoms in total. The summed E-state index contributed by atoms with van der Waals surface area (Å²) in [5, 5.41) is 24.4. The number of carbonyl (C=O) groups is 1. The summed E-state index contributed by atoms with van der Waals surface area (Å²) in [5.41, 5.74) is 2.41. The number of hydrogen-bond acceptors (Lipinski definition) is 5. The van der Waals surface area contributed by atoms with Gasteiger partial charge in [0, 0.05) is 48.3 Å². The van der Waals surface area contributed by atoms with Gasteiger partial charge in [-0.15, -0.1) is 0 Å². The zero-order valence-corrected chi connectivity index (χ0v) is 19.4. The number of aromatic nitrogens is 2. The molecule has 3 aromatic rings. The highest BCUT2D eigenvalue weighted by Crippen LogP contribution is 2.32. The second kappa shape index (κ2) is 9.41. The summed E-state index contributed by atoms with van der Waals surface area (Å²) in [6.07, 6.45) is 2.89. The fourth-order valence-electron chi connectivity index (χ4n) is 5.06. The molecule has 8 heteroatoms. The molecule has 33 heavy (non-hydrogen) atoms. The molecule has 1 atom stereocenters. The highest BCUT2D eigenvalue weighted by Gasteiger charge is 2.23. The molecule has 0 bridgehead atoms. The number of benzene rings is 1. The quantitative estimate of drug-likeness (QED) is 0.418. The number of likely N-dealkylation sites (N-methyl/N-ethyl adjacent to an activating group) is 1. The van der Waals surface area contributed by atoms with Gasteiger partial charge < -0.3 is 25.1 Å². The van der Waals surface area contributed by atoms with Crippen molar-refractivity contribution < 1.29 is 15.0 Å². The SMILES string of the molecule is CCc1c(-c2ccc3c(c2)cc(CNCC2CCCN2CC)n3C)[nH]c(=O)c(C(=O)O)c1O. The van der Waals surface area contributed by atoms with Gasteiger partial charge in [0.1, 0.15) is 5.75 Å². The van der Waals surface area contributed by atoms with Crippen molar-refractivity contribution in [3.8, 4) is 17.0 Å². The molecular formula is C25H32N4O4. The normalized spacial score (nSPS) is 16.6. The summed E-state index contributed by atoms with van der Waals surface area (Å²) in [7, 11) is 2.04. The van der Waals surface area contributed by atoms with Gasteiger partial charge in [-0.2, -0.15) is 0 Å². The fourth-order valence-corrected chi connectivity index (χ4v) is 5.06. The average Bonchev–Trinajstić information content (AvgIpc) is 3.37. The summed E-state index contributed by atoms with van der Waals surface area (Å²) >= 11 is 0. The summed E-state index contributed by atoms with van der Waals surface area (Å²) in [6, 6.07) is 8.58. The van der Waals surface area contributed by atoms with E-state index in [2.05, 4.69) is 32.8 Å². The lowest BCUT2D eigenvalue weighted by Crippen LogP contribution is -2.37. The molecular weight excluding hydrogens is 420 g/mol. The predicted molar refractivity (Wildman–Crippen MR) is 129 cm³/mol. The van der Waals surface area contributed by atoms with Gasteiger partial charge in [0.2, 0.25) is 0 Å². The number of aromatic hydroxyl groups is 1. The van der Waals surface area contributed by atoms with Crippen molar-refractivity contribution in [2.75, 3.05) is 19.6 Å². The largest absolute Gasteiger partial charge is 0.506 e. The maximum Gasteiger partial charge on any atom is 0.345 e. The van der Waals surface area contributed by atoms with E-state index in [0.29, 0.717) is 23.7 Å². The maximum atomic E-state index is 12.3. The molecule has 4 N–H and O–H groups in total. The van der Waals surface area contributed by atoms with E-state index < -0.39 is 22.8 Å². The Kier molecular flexibility index (Phi) is 6.58. The third kappa shape index (κ3) is 4.28. The van der Waals surface area contributed by atoms with Crippen LogP contribution in [-0.2, 0) is 20.0 Å². The first-order chi connectivity index (χ1) is 15.8. The van der Waals surface area contributed by atoms with Gasteiger partial charge in [0.25, 0.3) is 5.56 Å².